The second-order valence-corrected chi connectivity index (χ2v) is 5.74. The zero-order valence-corrected chi connectivity index (χ0v) is 11.7. The molecular formula is C13H13N3O3S. The Morgan fingerprint density at radius 1 is 1.50 bits per heavy atom. The van der Waals surface area contributed by atoms with Crippen LogP contribution in [0.3, 0.4) is 0 Å². The highest BCUT2D eigenvalue weighted by Crippen LogP contribution is 2.39. The van der Waals surface area contributed by atoms with Crippen LogP contribution in [0.4, 0.5) is 5.95 Å². The molecule has 1 N–H and O–H groups in total. The van der Waals surface area contributed by atoms with E-state index in [0.717, 1.165) is 18.4 Å². The predicted molar refractivity (Wildman–Crippen MR) is 72.9 cm³/mol. The lowest BCUT2D eigenvalue weighted by Crippen LogP contribution is -2.15. The van der Waals surface area contributed by atoms with E-state index >= 15 is 0 Å². The molecule has 1 saturated carbocycles. The number of nitrogens with one attached hydrogen (secondary N) is 1. The fourth-order valence-electron chi connectivity index (χ4n) is 1.79. The Morgan fingerprint density at radius 2 is 2.30 bits per heavy atom. The fourth-order valence-corrected chi connectivity index (χ4v) is 2.60. The van der Waals surface area contributed by atoms with Crippen molar-refractivity contribution in [3.8, 4) is 0 Å². The molecule has 0 spiro atoms. The van der Waals surface area contributed by atoms with Crippen molar-refractivity contribution in [2.75, 3.05) is 5.32 Å². The smallest absolute Gasteiger partial charge is 0.270 e. The Kier molecular flexibility index (Phi) is 3.35. The van der Waals surface area contributed by atoms with Gasteiger partial charge in [0, 0.05) is 5.92 Å². The number of nitrogens with zero attached hydrogens (tertiary/aromatic N) is 2. The molecule has 0 aliphatic heterocycles. The third kappa shape index (κ3) is 2.93. The van der Waals surface area contributed by atoms with Crippen LogP contribution in [0, 0.1) is 0 Å². The van der Waals surface area contributed by atoms with Gasteiger partial charge in [0.2, 0.25) is 11.8 Å². The lowest BCUT2D eigenvalue weighted by molar-refractivity contribution is -0.115. The van der Waals surface area contributed by atoms with Crippen LogP contribution >= 0.6 is 11.3 Å². The number of carbonyl (C=O) groups excluding carboxylic acids is 2. The first-order valence-corrected chi connectivity index (χ1v) is 7.21. The Balaban J connectivity index is 1.59. The SMILES string of the molecule is CC(=O)c1cc(CC(=O)Nc2noc(C3CC3)n2)cs1. The van der Waals surface area contributed by atoms with Crippen LogP contribution < -0.4 is 5.32 Å². The van der Waals surface area contributed by atoms with Gasteiger partial charge in [0.1, 0.15) is 0 Å². The van der Waals surface area contributed by atoms with Crippen LogP contribution in [-0.2, 0) is 11.2 Å². The molecule has 0 aromatic carbocycles. The van der Waals surface area contributed by atoms with Crippen molar-refractivity contribution in [3.63, 3.8) is 0 Å². The summed E-state index contributed by atoms with van der Waals surface area (Å²) in [5.41, 5.74) is 0.809. The second-order valence-electron chi connectivity index (χ2n) is 4.83. The van der Waals surface area contributed by atoms with Gasteiger partial charge in [-0.3, -0.25) is 14.9 Å². The molecule has 1 fully saturated rings. The van der Waals surface area contributed by atoms with E-state index in [1.54, 1.807) is 6.07 Å². The second kappa shape index (κ2) is 5.16. The lowest BCUT2D eigenvalue weighted by Gasteiger charge is -1.97. The molecule has 1 aliphatic rings. The first kappa shape index (κ1) is 13.0. The van der Waals surface area contributed by atoms with Crippen LogP contribution in [0.15, 0.2) is 16.0 Å². The topological polar surface area (TPSA) is 85.1 Å². The number of carbonyl (C=O) groups is 2. The average Bonchev–Trinajstić information content (AvgIpc) is 2.96. The van der Waals surface area contributed by atoms with E-state index < -0.39 is 0 Å². The van der Waals surface area contributed by atoms with E-state index in [4.69, 9.17) is 4.52 Å². The summed E-state index contributed by atoms with van der Waals surface area (Å²) >= 11 is 1.34. The third-order valence-electron chi connectivity index (χ3n) is 2.98. The molecular weight excluding hydrogens is 278 g/mol. The normalized spacial score (nSPS) is 14.2. The quantitative estimate of drug-likeness (QED) is 0.855. The fraction of sp³-hybridized carbons (Fsp3) is 0.385. The van der Waals surface area contributed by atoms with Gasteiger partial charge in [0.15, 0.2) is 5.78 Å². The molecule has 1 aliphatic carbocycles. The third-order valence-corrected chi connectivity index (χ3v) is 4.06. The van der Waals surface area contributed by atoms with E-state index in [-0.39, 0.29) is 24.1 Å². The highest BCUT2D eigenvalue weighted by Gasteiger charge is 2.29. The monoisotopic (exact) mass is 291 g/mol. The van der Waals surface area contributed by atoms with Crippen molar-refractivity contribution >= 4 is 29.0 Å². The molecule has 104 valence electrons. The molecule has 20 heavy (non-hydrogen) atoms. The molecule has 0 saturated heterocycles. The summed E-state index contributed by atoms with van der Waals surface area (Å²) in [5, 5.41) is 8.13. The van der Waals surface area contributed by atoms with Gasteiger partial charge in [0.25, 0.3) is 5.95 Å². The van der Waals surface area contributed by atoms with Gasteiger partial charge in [-0.2, -0.15) is 4.98 Å². The first-order valence-electron chi connectivity index (χ1n) is 6.33. The van der Waals surface area contributed by atoms with Crippen molar-refractivity contribution in [2.45, 2.75) is 32.1 Å². The van der Waals surface area contributed by atoms with E-state index in [1.807, 2.05) is 5.38 Å². The molecule has 0 unspecified atom stereocenters. The zero-order valence-electron chi connectivity index (χ0n) is 10.9. The van der Waals surface area contributed by atoms with E-state index in [1.165, 1.54) is 18.3 Å². The van der Waals surface area contributed by atoms with Gasteiger partial charge in [0.05, 0.1) is 11.3 Å². The number of Topliss-reactive ketones (excluding diaryl/α,β-unsaturated/α-hetero) is 1. The summed E-state index contributed by atoms with van der Waals surface area (Å²) in [7, 11) is 0. The molecule has 0 bridgehead atoms. The van der Waals surface area contributed by atoms with Crippen molar-refractivity contribution in [1.29, 1.82) is 0 Å². The molecule has 7 heteroatoms. The number of anilines is 1. The maximum Gasteiger partial charge on any atom is 0.270 e. The molecule has 2 heterocycles. The number of hydrogen-bond donors (Lipinski definition) is 1. The van der Waals surface area contributed by atoms with E-state index in [2.05, 4.69) is 15.5 Å². The molecule has 0 atom stereocenters. The number of aromatic nitrogens is 2. The largest absolute Gasteiger partial charge is 0.337 e. The summed E-state index contributed by atoms with van der Waals surface area (Å²) in [6, 6.07) is 1.73. The number of amides is 1. The lowest BCUT2D eigenvalue weighted by atomic mass is 10.2. The van der Waals surface area contributed by atoms with Crippen LogP contribution in [0.2, 0.25) is 0 Å². The van der Waals surface area contributed by atoms with Crippen molar-refractivity contribution in [1.82, 2.24) is 10.1 Å². The maximum atomic E-state index is 11.8. The number of rotatable bonds is 5. The van der Waals surface area contributed by atoms with Crippen molar-refractivity contribution in [2.24, 2.45) is 0 Å². The summed E-state index contributed by atoms with van der Waals surface area (Å²) < 4.78 is 5.06. The Hall–Kier alpha value is -2.02. The van der Waals surface area contributed by atoms with Gasteiger partial charge in [-0.15, -0.1) is 11.3 Å². The standard InChI is InChI=1S/C13H13N3O3S/c1-7(17)10-4-8(6-20-10)5-11(18)14-13-15-12(19-16-13)9-2-3-9/h4,6,9H,2-3,5H2,1H3,(H,14,16,18). The van der Waals surface area contributed by atoms with Crippen LogP contribution in [0.5, 0.6) is 0 Å². The number of thiophene rings is 1. The molecule has 6 nitrogen and oxygen atoms in total. The summed E-state index contributed by atoms with van der Waals surface area (Å²) in [5.74, 6) is 0.951. The summed E-state index contributed by atoms with van der Waals surface area (Å²) in [4.78, 5) is 27.8. The summed E-state index contributed by atoms with van der Waals surface area (Å²) in [6.07, 6.45) is 2.33. The highest BCUT2D eigenvalue weighted by atomic mass is 32.1. The van der Waals surface area contributed by atoms with Crippen LogP contribution in [0.25, 0.3) is 0 Å². The molecule has 0 radical (unpaired) electrons. The van der Waals surface area contributed by atoms with Gasteiger partial charge >= 0.3 is 0 Å². The van der Waals surface area contributed by atoms with Gasteiger partial charge < -0.3 is 4.52 Å². The zero-order chi connectivity index (χ0) is 14.1. The highest BCUT2D eigenvalue weighted by molar-refractivity contribution is 7.12. The maximum absolute atomic E-state index is 11.8. The number of hydrogen-bond acceptors (Lipinski definition) is 6. The van der Waals surface area contributed by atoms with Gasteiger partial charge in [-0.1, -0.05) is 0 Å². The first-order chi connectivity index (χ1) is 9.61. The number of ketones is 1. The Labute approximate surface area is 119 Å². The average molecular weight is 291 g/mol. The Bertz CT molecular complexity index is 657. The minimum atomic E-state index is -0.221. The van der Waals surface area contributed by atoms with E-state index in [0.29, 0.717) is 16.7 Å². The molecule has 3 rings (SSSR count). The van der Waals surface area contributed by atoms with Crippen molar-refractivity contribution < 1.29 is 14.1 Å². The molecule has 2 aromatic rings. The summed E-state index contributed by atoms with van der Waals surface area (Å²) in [6.45, 7) is 1.51. The van der Waals surface area contributed by atoms with E-state index in [9.17, 15) is 9.59 Å². The van der Waals surface area contributed by atoms with Crippen molar-refractivity contribution in [3.05, 3.63) is 27.8 Å². The van der Waals surface area contributed by atoms with Crippen LogP contribution in [0.1, 0.15) is 46.8 Å². The molecule has 2 aromatic heterocycles. The predicted octanol–water partition coefficient (Wildman–Crippen LogP) is 2.39. The Morgan fingerprint density at radius 3 is 2.95 bits per heavy atom. The molecule has 1 amide bonds. The van der Waals surface area contributed by atoms with Gasteiger partial charge in [-0.05, 0) is 41.9 Å². The van der Waals surface area contributed by atoms with Gasteiger partial charge in [-0.25, -0.2) is 0 Å². The van der Waals surface area contributed by atoms with Crippen LogP contribution in [-0.4, -0.2) is 21.8 Å². The minimum Gasteiger partial charge on any atom is -0.337 e. The minimum absolute atomic E-state index is 0.00824.